The van der Waals surface area contributed by atoms with Crippen molar-refractivity contribution in [2.75, 3.05) is 19.8 Å². The minimum atomic E-state index is 0.646. The molecule has 0 aliphatic heterocycles. The number of imidazole rings is 1. The number of hydrogen-bond donors (Lipinski definition) is 1. The number of aromatic nitrogens is 2. The van der Waals surface area contributed by atoms with E-state index >= 15 is 0 Å². The monoisotopic (exact) mass is 197 g/mol. The van der Waals surface area contributed by atoms with Crippen LogP contribution in [0.15, 0.2) is 12.4 Å². The molecule has 1 rings (SSSR count). The standard InChI is InChI=1S/C10H19N3O/c1-2-8-14-9-7-13-6-5-12-10(13)3-4-11/h5-6H,2-4,7-9,11H2,1H3. The predicted molar refractivity (Wildman–Crippen MR) is 56.1 cm³/mol. The van der Waals surface area contributed by atoms with E-state index in [4.69, 9.17) is 10.5 Å². The highest BCUT2D eigenvalue weighted by Gasteiger charge is 2.00. The van der Waals surface area contributed by atoms with Crippen LogP contribution in [0.5, 0.6) is 0 Å². The average Bonchev–Trinajstić information content (AvgIpc) is 2.61. The van der Waals surface area contributed by atoms with Crippen molar-refractivity contribution in [3.8, 4) is 0 Å². The highest BCUT2D eigenvalue weighted by molar-refractivity contribution is 4.92. The second-order valence-electron chi connectivity index (χ2n) is 3.19. The first-order valence-electron chi connectivity index (χ1n) is 5.16. The third-order valence-electron chi connectivity index (χ3n) is 1.99. The number of nitrogens with zero attached hydrogens (tertiary/aromatic N) is 2. The maximum absolute atomic E-state index is 5.48. The summed E-state index contributed by atoms with van der Waals surface area (Å²) < 4.78 is 7.51. The van der Waals surface area contributed by atoms with Crippen LogP contribution in [0, 0.1) is 0 Å². The number of rotatable bonds is 7. The van der Waals surface area contributed by atoms with Gasteiger partial charge in [0.2, 0.25) is 0 Å². The Morgan fingerprint density at radius 3 is 3.07 bits per heavy atom. The van der Waals surface area contributed by atoms with Gasteiger partial charge in [0, 0.05) is 32.0 Å². The van der Waals surface area contributed by atoms with Gasteiger partial charge in [-0.2, -0.15) is 0 Å². The van der Waals surface area contributed by atoms with Crippen LogP contribution in [0.1, 0.15) is 19.2 Å². The third kappa shape index (κ3) is 3.47. The second-order valence-corrected chi connectivity index (χ2v) is 3.19. The fourth-order valence-electron chi connectivity index (χ4n) is 1.31. The summed E-state index contributed by atoms with van der Waals surface area (Å²) in [4.78, 5) is 4.23. The first-order valence-corrected chi connectivity index (χ1v) is 5.16. The molecule has 0 aliphatic rings. The van der Waals surface area contributed by atoms with E-state index < -0.39 is 0 Å². The Kier molecular flexibility index (Phi) is 5.25. The Morgan fingerprint density at radius 2 is 2.36 bits per heavy atom. The molecule has 1 aromatic rings. The number of ether oxygens (including phenoxy) is 1. The summed E-state index contributed by atoms with van der Waals surface area (Å²) in [7, 11) is 0. The molecule has 0 amide bonds. The van der Waals surface area contributed by atoms with Gasteiger partial charge in [0.05, 0.1) is 6.61 Å². The molecule has 4 heteroatoms. The molecule has 2 N–H and O–H groups in total. The maximum Gasteiger partial charge on any atom is 0.109 e. The molecule has 0 atom stereocenters. The molecular formula is C10H19N3O. The predicted octanol–water partition coefficient (Wildman–Crippen LogP) is 0.811. The van der Waals surface area contributed by atoms with Gasteiger partial charge >= 0.3 is 0 Å². The van der Waals surface area contributed by atoms with Gasteiger partial charge in [0.1, 0.15) is 5.82 Å². The van der Waals surface area contributed by atoms with Crippen molar-refractivity contribution in [3.63, 3.8) is 0 Å². The van der Waals surface area contributed by atoms with E-state index in [1.54, 1.807) is 0 Å². The van der Waals surface area contributed by atoms with Crippen molar-refractivity contribution in [1.82, 2.24) is 9.55 Å². The van der Waals surface area contributed by atoms with Gasteiger partial charge in [0.25, 0.3) is 0 Å². The number of hydrogen-bond acceptors (Lipinski definition) is 3. The van der Waals surface area contributed by atoms with Gasteiger partial charge in [-0.3, -0.25) is 0 Å². The van der Waals surface area contributed by atoms with Gasteiger partial charge in [-0.1, -0.05) is 6.92 Å². The lowest BCUT2D eigenvalue weighted by Gasteiger charge is -2.07. The molecule has 1 heterocycles. The molecular weight excluding hydrogens is 178 g/mol. The fraction of sp³-hybridized carbons (Fsp3) is 0.700. The lowest BCUT2D eigenvalue weighted by molar-refractivity contribution is 0.126. The Balaban J connectivity index is 2.30. The Bertz CT molecular complexity index is 247. The zero-order valence-corrected chi connectivity index (χ0v) is 8.78. The van der Waals surface area contributed by atoms with E-state index in [0.29, 0.717) is 6.54 Å². The fourth-order valence-corrected chi connectivity index (χ4v) is 1.31. The summed E-state index contributed by atoms with van der Waals surface area (Å²) in [6.07, 6.45) is 5.69. The first kappa shape index (κ1) is 11.2. The van der Waals surface area contributed by atoms with Crippen LogP contribution in [0.4, 0.5) is 0 Å². The highest BCUT2D eigenvalue weighted by atomic mass is 16.5. The quantitative estimate of drug-likeness (QED) is 0.658. The summed E-state index contributed by atoms with van der Waals surface area (Å²) in [5.74, 6) is 1.05. The molecule has 4 nitrogen and oxygen atoms in total. The van der Waals surface area contributed by atoms with Crippen LogP contribution in [0.3, 0.4) is 0 Å². The van der Waals surface area contributed by atoms with Crippen LogP contribution in [-0.4, -0.2) is 29.3 Å². The highest BCUT2D eigenvalue weighted by Crippen LogP contribution is 1.98. The van der Waals surface area contributed by atoms with Gasteiger partial charge in [-0.05, 0) is 13.0 Å². The molecule has 0 aliphatic carbocycles. The number of nitrogens with two attached hydrogens (primary N) is 1. The largest absolute Gasteiger partial charge is 0.380 e. The van der Waals surface area contributed by atoms with E-state index in [9.17, 15) is 0 Å². The van der Waals surface area contributed by atoms with Crippen LogP contribution in [0.2, 0.25) is 0 Å². The van der Waals surface area contributed by atoms with Crippen LogP contribution in [-0.2, 0) is 17.7 Å². The first-order chi connectivity index (χ1) is 6.88. The minimum absolute atomic E-state index is 0.646. The molecule has 14 heavy (non-hydrogen) atoms. The van der Waals surface area contributed by atoms with Gasteiger partial charge < -0.3 is 15.0 Å². The lowest BCUT2D eigenvalue weighted by atomic mass is 10.4. The molecule has 0 bridgehead atoms. The van der Waals surface area contributed by atoms with Crippen LogP contribution >= 0.6 is 0 Å². The van der Waals surface area contributed by atoms with E-state index in [0.717, 1.165) is 38.4 Å². The molecule has 0 fully saturated rings. The lowest BCUT2D eigenvalue weighted by Crippen LogP contribution is -2.12. The van der Waals surface area contributed by atoms with Crippen molar-refractivity contribution < 1.29 is 4.74 Å². The minimum Gasteiger partial charge on any atom is -0.380 e. The average molecular weight is 197 g/mol. The summed E-state index contributed by atoms with van der Waals surface area (Å²) in [6.45, 7) is 5.21. The van der Waals surface area contributed by atoms with Gasteiger partial charge in [0.15, 0.2) is 0 Å². The van der Waals surface area contributed by atoms with Crippen molar-refractivity contribution in [1.29, 1.82) is 0 Å². The summed E-state index contributed by atoms with van der Waals surface area (Å²) in [5, 5.41) is 0. The second kappa shape index (κ2) is 6.56. The Morgan fingerprint density at radius 1 is 1.50 bits per heavy atom. The SMILES string of the molecule is CCCOCCn1ccnc1CCN. The summed E-state index contributed by atoms with van der Waals surface area (Å²) in [5.41, 5.74) is 5.48. The van der Waals surface area contributed by atoms with Crippen molar-refractivity contribution in [2.45, 2.75) is 26.3 Å². The molecule has 0 saturated carbocycles. The van der Waals surface area contributed by atoms with Crippen LogP contribution in [0.25, 0.3) is 0 Å². The maximum atomic E-state index is 5.48. The normalized spacial score (nSPS) is 10.7. The molecule has 80 valence electrons. The smallest absolute Gasteiger partial charge is 0.109 e. The topological polar surface area (TPSA) is 53.1 Å². The molecule has 0 unspecified atom stereocenters. The molecule has 0 aromatic carbocycles. The Hall–Kier alpha value is -0.870. The van der Waals surface area contributed by atoms with Gasteiger partial charge in [-0.15, -0.1) is 0 Å². The zero-order valence-electron chi connectivity index (χ0n) is 8.78. The van der Waals surface area contributed by atoms with Crippen LogP contribution < -0.4 is 5.73 Å². The van der Waals surface area contributed by atoms with Crippen molar-refractivity contribution >= 4 is 0 Å². The molecule has 0 radical (unpaired) electrons. The van der Waals surface area contributed by atoms with E-state index in [2.05, 4.69) is 16.5 Å². The summed E-state index contributed by atoms with van der Waals surface area (Å²) >= 11 is 0. The summed E-state index contributed by atoms with van der Waals surface area (Å²) in [6, 6.07) is 0. The van der Waals surface area contributed by atoms with E-state index in [-0.39, 0.29) is 0 Å². The molecule has 0 spiro atoms. The Labute approximate surface area is 85.1 Å². The van der Waals surface area contributed by atoms with E-state index in [1.165, 1.54) is 0 Å². The molecule has 0 saturated heterocycles. The van der Waals surface area contributed by atoms with Gasteiger partial charge in [-0.25, -0.2) is 4.98 Å². The zero-order chi connectivity index (χ0) is 10.2. The molecule has 1 aromatic heterocycles. The van der Waals surface area contributed by atoms with E-state index in [1.807, 2.05) is 12.4 Å². The third-order valence-corrected chi connectivity index (χ3v) is 1.99. The van der Waals surface area contributed by atoms with Crippen molar-refractivity contribution in [2.24, 2.45) is 5.73 Å². The van der Waals surface area contributed by atoms with Crippen molar-refractivity contribution in [3.05, 3.63) is 18.2 Å².